The molecule has 1 fully saturated rings. The number of nitrogens with one attached hydrogen (secondary N) is 1. The van der Waals surface area contributed by atoms with Crippen LogP contribution in [0.1, 0.15) is 25.3 Å². The monoisotopic (exact) mass is 313 g/mol. The summed E-state index contributed by atoms with van der Waals surface area (Å²) in [5, 5.41) is 0. The molecule has 0 radical (unpaired) electrons. The molecule has 20 heavy (non-hydrogen) atoms. The normalized spacial score (nSPS) is 20.6. The molecule has 1 saturated heterocycles. The molecule has 1 aliphatic rings. The molecule has 0 saturated carbocycles. The van der Waals surface area contributed by atoms with Crippen LogP contribution in [-0.2, 0) is 10.2 Å². The third-order valence-electron chi connectivity index (χ3n) is 3.39. The van der Waals surface area contributed by atoms with Crippen LogP contribution in [-0.4, -0.2) is 30.8 Å². The lowest BCUT2D eigenvalue weighted by Crippen LogP contribution is -2.42. The number of benzene rings is 1. The maximum absolute atomic E-state index is 12.4. The van der Waals surface area contributed by atoms with Gasteiger partial charge in [-0.25, -0.2) is 0 Å². The van der Waals surface area contributed by atoms with Crippen molar-refractivity contribution < 1.29 is 8.42 Å². The molecule has 0 bridgehead atoms. The highest BCUT2D eigenvalue weighted by Gasteiger charge is 2.27. The van der Waals surface area contributed by atoms with Crippen LogP contribution < -0.4 is 10.5 Å². The van der Waals surface area contributed by atoms with Gasteiger partial charge in [-0.1, -0.05) is 31.3 Å². The van der Waals surface area contributed by atoms with Crippen LogP contribution in [0.3, 0.4) is 0 Å². The third-order valence-corrected chi connectivity index (χ3v) is 5.10. The van der Waals surface area contributed by atoms with Gasteiger partial charge in [0.1, 0.15) is 4.99 Å². The number of hydrogen-bond donors (Lipinski definition) is 2. The van der Waals surface area contributed by atoms with Gasteiger partial charge in [0.25, 0.3) is 0 Å². The quantitative estimate of drug-likeness (QED) is 0.830. The minimum atomic E-state index is -3.56. The molecule has 0 aromatic heterocycles. The number of nitrogens with zero attached hydrogens (tertiary/aromatic N) is 1. The van der Waals surface area contributed by atoms with E-state index in [-0.39, 0.29) is 4.99 Å². The molecule has 1 heterocycles. The summed E-state index contributed by atoms with van der Waals surface area (Å²) in [5.74, 6) is 0.381. The summed E-state index contributed by atoms with van der Waals surface area (Å²) >= 11 is 4.94. The van der Waals surface area contributed by atoms with Gasteiger partial charge in [-0.3, -0.25) is 4.72 Å². The summed E-state index contributed by atoms with van der Waals surface area (Å²) in [7, 11) is -3.56. The van der Waals surface area contributed by atoms with Gasteiger partial charge in [0, 0.05) is 18.7 Å². The first-order valence-corrected chi connectivity index (χ1v) is 8.41. The first-order valence-electron chi connectivity index (χ1n) is 6.57. The fourth-order valence-electron chi connectivity index (χ4n) is 2.36. The second-order valence-corrected chi connectivity index (χ2v) is 7.23. The van der Waals surface area contributed by atoms with Gasteiger partial charge in [-0.2, -0.15) is 12.7 Å². The molecular weight excluding hydrogens is 294 g/mol. The highest BCUT2D eigenvalue weighted by atomic mass is 32.2. The number of hydrogen-bond acceptors (Lipinski definition) is 3. The van der Waals surface area contributed by atoms with Crippen molar-refractivity contribution in [2.24, 2.45) is 11.7 Å². The Hall–Kier alpha value is -1.18. The zero-order valence-corrected chi connectivity index (χ0v) is 13.0. The predicted molar refractivity (Wildman–Crippen MR) is 84.8 cm³/mol. The minimum Gasteiger partial charge on any atom is -0.389 e. The number of anilines is 1. The Morgan fingerprint density at radius 2 is 2.15 bits per heavy atom. The van der Waals surface area contributed by atoms with Crippen molar-refractivity contribution in [1.82, 2.24) is 4.31 Å². The summed E-state index contributed by atoms with van der Waals surface area (Å²) in [5.41, 5.74) is 6.58. The fraction of sp³-hybridized carbons (Fsp3) is 0.462. The lowest BCUT2D eigenvalue weighted by atomic mass is 10.0. The number of rotatable bonds is 4. The van der Waals surface area contributed by atoms with Gasteiger partial charge >= 0.3 is 10.2 Å². The Balaban J connectivity index is 2.22. The van der Waals surface area contributed by atoms with E-state index >= 15 is 0 Å². The molecule has 1 aromatic rings. The van der Waals surface area contributed by atoms with Gasteiger partial charge < -0.3 is 5.73 Å². The summed E-state index contributed by atoms with van der Waals surface area (Å²) < 4.78 is 28.9. The fourth-order valence-corrected chi connectivity index (χ4v) is 3.94. The molecule has 7 heteroatoms. The van der Waals surface area contributed by atoms with E-state index in [0.29, 0.717) is 30.3 Å². The van der Waals surface area contributed by atoms with Crippen molar-refractivity contribution in [2.75, 3.05) is 17.8 Å². The summed E-state index contributed by atoms with van der Waals surface area (Å²) in [4.78, 5) is 0.176. The van der Waals surface area contributed by atoms with Gasteiger partial charge in [0.2, 0.25) is 0 Å². The first-order chi connectivity index (χ1) is 9.40. The van der Waals surface area contributed by atoms with Gasteiger partial charge in [-0.05, 0) is 30.9 Å². The summed E-state index contributed by atoms with van der Waals surface area (Å²) in [6, 6.07) is 6.89. The van der Waals surface area contributed by atoms with Crippen molar-refractivity contribution in [3.8, 4) is 0 Å². The zero-order chi connectivity index (χ0) is 14.8. The van der Waals surface area contributed by atoms with Gasteiger partial charge in [0.15, 0.2) is 0 Å². The molecule has 1 aromatic carbocycles. The average molecular weight is 313 g/mol. The van der Waals surface area contributed by atoms with E-state index in [1.165, 1.54) is 4.31 Å². The molecule has 0 spiro atoms. The lowest BCUT2D eigenvalue weighted by Gasteiger charge is -2.30. The molecule has 110 valence electrons. The van der Waals surface area contributed by atoms with Crippen LogP contribution in [0.15, 0.2) is 24.3 Å². The molecule has 2 rings (SSSR count). The molecular formula is C13H19N3O2S2. The standard InChI is InChI=1S/C13H19N3O2S2/c1-10-5-4-8-16(9-10)20(17,18)15-12-7-3-2-6-11(12)13(14)19/h2-3,6-7,10,15H,4-5,8-9H2,1H3,(H2,14,19). The van der Waals surface area contributed by atoms with Crippen LogP contribution >= 0.6 is 12.2 Å². The topological polar surface area (TPSA) is 75.4 Å². The van der Waals surface area contributed by atoms with E-state index in [0.717, 1.165) is 12.8 Å². The Labute approximate surface area is 125 Å². The molecule has 0 amide bonds. The van der Waals surface area contributed by atoms with E-state index in [1.54, 1.807) is 24.3 Å². The van der Waals surface area contributed by atoms with Crippen molar-refractivity contribution in [2.45, 2.75) is 19.8 Å². The minimum absolute atomic E-state index is 0.176. The van der Waals surface area contributed by atoms with E-state index < -0.39 is 10.2 Å². The molecule has 3 N–H and O–H groups in total. The van der Waals surface area contributed by atoms with E-state index in [2.05, 4.69) is 11.6 Å². The number of para-hydroxylation sites is 1. The smallest absolute Gasteiger partial charge is 0.301 e. The van der Waals surface area contributed by atoms with E-state index in [9.17, 15) is 8.42 Å². The number of piperidine rings is 1. The Morgan fingerprint density at radius 1 is 1.45 bits per heavy atom. The SMILES string of the molecule is CC1CCCN(S(=O)(=O)Nc2ccccc2C(N)=S)C1. The average Bonchev–Trinajstić information content (AvgIpc) is 2.38. The van der Waals surface area contributed by atoms with E-state index in [1.807, 2.05) is 0 Å². The van der Waals surface area contributed by atoms with Crippen LogP contribution in [0.2, 0.25) is 0 Å². The van der Waals surface area contributed by atoms with Crippen LogP contribution in [0.25, 0.3) is 0 Å². The zero-order valence-electron chi connectivity index (χ0n) is 11.4. The van der Waals surface area contributed by atoms with E-state index in [4.69, 9.17) is 18.0 Å². The Bertz CT molecular complexity index is 601. The molecule has 1 aliphatic heterocycles. The van der Waals surface area contributed by atoms with Crippen LogP contribution in [0.5, 0.6) is 0 Å². The van der Waals surface area contributed by atoms with Crippen molar-refractivity contribution in [1.29, 1.82) is 0 Å². The second-order valence-electron chi connectivity index (χ2n) is 5.12. The van der Waals surface area contributed by atoms with Crippen molar-refractivity contribution >= 4 is 33.1 Å². The van der Waals surface area contributed by atoms with Crippen molar-refractivity contribution in [3.05, 3.63) is 29.8 Å². The summed E-state index contributed by atoms with van der Waals surface area (Å²) in [6.45, 7) is 3.16. The Kier molecular flexibility index (Phi) is 4.62. The highest BCUT2D eigenvalue weighted by Crippen LogP contribution is 2.22. The molecule has 0 aliphatic carbocycles. The third kappa shape index (κ3) is 3.47. The molecule has 1 unspecified atom stereocenters. The molecule has 5 nitrogen and oxygen atoms in total. The summed E-state index contributed by atoms with van der Waals surface area (Å²) in [6.07, 6.45) is 1.95. The maximum Gasteiger partial charge on any atom is 0.301 e. The largest absolute Gasteiger partial charge is 0.389 e. The van der Waals surface area contributed by atoms with Crippen molar-refractivity contribution in [3.63, 3.8) is 0 Å². The number of thiocarbonyl (C=S) groups is 1. The lowest BCUT2D eigenvalue weighted by molar-refractivity contribution is 0.282. The van der Waals surface area contributed by atoms with Gasteiger partial charge in [0.05, 0.1) is 5.69 Å². The Morgan fingerprint density at radius 3 is 2.80 bits per heavy atom. The van der Waals surface area contributed by atoms with Crippen LogP contribution in [0.4, 0.5) is 5.69 Å². The van der Waals surface area contributed by atoms with Crippen LogP contribution in [0, 0.1) is 5.92 Å². The maximum atomic E-state index is 12.4. The van der Waals surface area contributed by atoms with Gasteiger partial charge in [-0.15, -0.1) is 0 Å². The predicted octanol–water partition coefficient (Wildman–Crippen LogP) is 1.71. The second kappa shape index (κ2) is 6.07. The molecule has 1 atom stereocenters. The number of nitrogens with two attached hydrogens (primary N) is 1. The highest BCUT2D eigenvalue weighted by molar-refractivity contribution is 7.90. The first kappa shape index (κ1) is 15.2.